The van der Waals surface area contributed by atoms with Crippen molar-refractivity contribution in [1.82, 2.24) is 9.97 Å². The highest BCUT2D eigenvalue weighted by Gasteiger charge is 2.14. The van der Waals surface area contributed by atoms with Gasteiger partial charge in [-0.05, 0) is 25.1 Å². The Labute approximate surface area is 106 Å². The molecule has 1 atom stereocenters. The molecule has 0 aliphatic carbocycles. The molecule has 18 heavy (non-hydrogen) atoms. The Bertz CT molecular complexity index is 602. The van der Waals surface area contributed by atoms with E-state index in [-0.39, 0.29) is 6.04 Å². The fraction of sp³-hybridized carbons (Fsp3) is 0.308. The molecule has 0 saturated carbocycles. The van der Waals surface area contributed by atoms with Gasteiger partial charge in [-0.25, -0.2) is 9.97 Å². The molecule has 2 rings (SSSR count). The van der Waals surface area contributed by atoms with Gasteiger partial charge in [0.1, 0.15) is 12.1 Å². The highest BCUT2D eigenvalue weighted by molar-refractivity contribution is 5.91. The van der Waals surface area contributed by atoms with Crippen molar-refractivity contribution in [2.75, 3.05) is 17.7 Å². The zero-order valence-corrected chi connectivity index (χ0v) is 10.5. The van der Waals surface area contributed by atoms with Crippen LogP contribution in [0.1, 0.15) is 13.3 Å². The quantitative estimate of drug-likeness (QED) is 0.831. The van der Waals surface area contributed by atoms with Crippen LogP contribution in [0.15, 0.2) is 24.5 Å². The van der Waals surface area contributed by atoms with Gasteiger partial charge in [0, 0.05) is 24.2 Å². The second-order valence-corrected chi connectivity index (χ2v) is 4.30. The molecule has 0 bridgehead atoms. The molecule has 0 aliphatic heterocycles. The smallest absolute Gasteiger partial charge is 0.139 e. The van der Waals surface area contributed by atoms with E-state index in [1.54, 1.807) is 0 Å². The molecule has 0 saturated heterocycles. The number of hydrogen-bond donors (Lipinski definition) is 1. The maximum atomic E-state index is 8.76. The zero-order chi connectivity index (χ0) is 13.1. The van der Waals surface area contributed by atoms with Crippen LogP contribution in [0.25, 0.3) is 10.9 Å². The maximum Gasteiger partial charge on any atom is 0.139 e. The summed E-state index contributed by atoms with van der Waals surface area (Å²) in [5.41, 5.74) is 7.33. The molecule has 2 N–H and O–H groups in total. The van der Waals surface area contributed by atoms with Crippen molar-refractivity contribution in [1.29, 1.82) is 5.26 Å². The first-order chi connectivity index (χ1) is 8.63. The molecular formula is C13H15N5. The monoisotopic (exact) mass is 241 g/mol. The normalized spacial score (nSPS) is 12.1. The Balaban J connectivity index is 2.50. The highest BCUT2D eigenvalue weighted by atomic mass is 15.2. The predicted molar refractivity (Wildman–Crippen MR) is 72.0 cm³/mol. The lowest BCUT2D eigenvalue weighted by molar-refractivity contribution is 0.696. The number of fused-ring (bicyclic) bond motifs is 1. The van der Waals surface area contributed by atoms with Crippen molar-refractivity contribution < 1.29 is 0 Å². The summed E-state index contributed by atoms with van der Waals surface area (Å²) in [4.78, 5) is 10.5. The number of nitrogen functional groups attached to an aromatic ring is 1. The molecule has 5 nitrogen and oxygen atoms in total. The van der Waals surface area contributed by atoms with Gasteiger partial charge in [-0.2, -0.15) is 5.26 Å². The molecule has 0 fully saturated rings. The van der Waals surface area contributed by atoms with Crippen molar-refractivity contribution in [3.63, 3.8) is 0 Å². The summed E-state index contributed by atoms with van der Waals surface area (Å²) < 4.78 is 0. The fourth-order valence-corrected chi connectivity index (χ4v) is 1.82. The van der Waals surface area contributed by atoms with E-state index in [0.717, 1.165) is 16.7 Å². The number of rotatable bonds is 3. The molecule has 1 aromatic carbocycles. The van der Waals surface area contributed by atoms with Crippen LogP contribution in [0, 0.1) is 11.3 Å². The van der Waals surface area contributed by atoms with E-state index in [1.807, 2.05) is 37.1 Å². The molecule has 2 aromatic rings. The molecule has 5 heteroatoms. The molecule has 1 heterocycles. The third kappa shape index (κ3) is 2.18. The lowest BCUT2D eigenvalue weighted by atomic mass is 10.1. The number of nitrogens with zero attached hydrogens (tertiary/aromatic N) is 4. The van der Waals surface area contributed by atoms with Crippen molar-refractivity contribution in [2.45, 2.75) is 19.4 Å². The SMILES string of the molecule is CC(CC#N)N(C)c1ncnc2ccc(N)cc12. The highest BCUT2D eigenvalue weighted by Crippen LogP contribution is 2.25. The summed E-state index contributed by atoms with van der Waals surface area (Å²) in [5.74, 6) is 0.801. The molecule has 92 valence electrons. The van der Waals surface area contributed by atoms with Crippen LogP contribution in [0.4, 0.5) is 11.5 Å². The number of nitrogens with two attached hydrogens (primary N) is 1. The maximum absolute atomic E-state index is 8.76. The van der Waals surface area contributed by atoms with Crippen molar-refractivity contribution in [2.24, 2.45) is 0 Å². The Kier molecular flexibility index (Phi) is 3.28. The third-order valence-electron chi connectivity index (χ3n) is 3.02. The van der Waals surface area contributed by atoms with Crippen LogP contribution in [0.2, 0.25) is 0 Å². The van der Waals surface area contributed by atoms with Gasteiger partial charge >= 0.3 is 0 Å². The number of aromatic nitrogens is 2. The minimum absolute atomic E-state index is 0.0922. The fourth-order valence-electron chi connectivity index (χ4n) is 1.82. The van der Waals surface area contributed by atoms with Gasteiger partial charge in [-0.15, -0.1) is 0 Å². The van der Waals surface area contributed by atoms with Crippen LogP contribution in [-0.4, -0.2) is 23.1 Å². The zero-order valence-electron chi connectivity index (χ0n) is 10.5. The average molecular weight is 241 g/mol. The summed E-state index contributed by atoms with van der Waals surface area (Å²) >= 11 is 0. The van der Waals surface area contributed by atoms with E-state index in [4.69, 9.17) is 11.0 Å². The van der Waals surface area contributed by atoms with Crippen LogP contribution in [0.3, 0.4) is 0 Å². The van der Waals surface area contributed by atoms with Crippen LogP contribution >= 0.6 is 0 Å². The van der Waals surface area contributed by atoms with Gasteiger partial charge in [0.2, 0.25) is 0 Å². The van der Waals surface area contributed by atoms with E-state index in [9.17, 15) is 0 Å². The topological polar surface area (TPSA) is 78.8 Å². The van der Waals surface area contributed by atoms with Crippen LogP contribution in [0.5, 0.6) is 0 Å². The van der Waals surface area contributed by atoms with E-state index >= 15 is 0 Å². The molecule has 1 aromatic heterocycles. The number of benzene rings is 1. The van der Waals surface area contributed by atoms with Gasteiger partial charge in [-0.1, -0.05) is 0 Å². The first kappa shape index (κ1) is 12.1. The summed E-state index contributed by atoms with van der Waals surface area (Å²) in [7, 11) is 1.92. The number of hydrogen-bond acceptors (Lipinski definition) is 5. The number of anilines is 2. The summed E-state index contributed by atoms with van der Waals surface area (Å²) in [6.07, 6.45) is 1.98. The molecule has 0 radical (unpaired) electrons. The Morgan fingerprint density at radius 3 is 2.94 bits per heavy atom. The lowest BCUT2D eigenvalue weighted by Gasteiger charge is -2.25. The minimum Gasteiger partial charge on any atom is -0.399 e. The number of nitriles is 1. The van der Waals surface area contributed by atoms with E-state index < -0.39 is 0 Å². The largest absolute Gasteiger partial charge is 0.399 e. The third-order valence-corrected chi connectivity index (χ3v) is 3.02. The van der Waals surface area contributed by atoms with Crippen LogP contribution < -0.4 is 10.6 Å². The van der Waals surface area contributed by atoms with E-state index in [2.05, 4.69) is 16.0 Å². The van der Waals surface area contributed by atoms with Crippen molar-refractivity contribution >= 4 is 22.4 Å². The van der Waals surface area contributed by atoms with E-state index in [1.165, 1.54) is 6.33 Å². The Morgan fingerprint density at radius 2 is 2.22 bits per heavy atom. The van der Waals surface area contributed by atoms with Gasteiger partial charge in [0.15, 0.2) is 0 Å². The average Bonchev–Trinajstić information content (AvgIpc) is 2.37. The predicted octanol–water partition coefficient (Wildman–Crippen LogP) is 1.95. The molecule has 0 aliphatic rings. The molecular weight excluding hydrogens is 226 g/mol. The summed E-state index contributed by atoms with van der Waals surface area (Å²) in [6.45, 7) is 1.99. The van der Waals surface area contributed by atoms with Crippen molar-refractivity contribution in [3.05, 3.63) is 24.5 Å². The van der Waals surface area contributed by atoms with Gasteiger partial charge in [0.05, 0.1) is 18.0 Å². The van der Waals surface area contributed by atoms with E-state index in [0.29, 0.717) is 12.1 Å². The van der Waals surface area contributed by atoms with Gasteiger partial charge in [-0.3, -0.25) is 0 Å². The van der Waals surface area contributed by atoms with Gasteiger partial charge < -0.3 is 10.6 Å². The minimum atomic E-state index is 0.0922. The standard InChI is InChI=1S/C13H15N5/c1-9(5-6-14)18(2)13-11-7-10(15)3-4-12(11)16-8-17-13/h3-4,7-9H,5,15H2,1-2H3. The molecule has 1 unspecified atom stereocenters. The molecule has 0 amide bonds. The first-order valence-electron chi connectivity index (χ1n) is 5.73. The van der Waals surface area contributed by atoms with Crippen molar-refractivity contribution in [3.8, 4) is 6.07 Å². The molecule has 0 spiro atoms. The Hall–Kier alpha value is -2.35. The van der Waals surface area contributed by atoms with Crippen LogP contribution in [-0.2, 0) is 0 Å². The lowest BCUT2D eigenvalue weighted by Crippen LogP contribution is -2.29. The second-order valence-electron chi connectivity index (χ2n) is 4.30. The van der Waals surface area contributed by atoms with Gasteiger partial charge in [0.25, 0.3) is 0 Å². The summed E-state index contributed by atoms with van der Waals surface area (Å²) in [6, 6.07) is 7.81. The second kappa shape index (κ2) is 4.88. The first-order valence-corrected chi connectivity index (χ1v) is 5.73. The summed E-state index contributed by atoms with van der Waals surface area (Å²) in [5, 5.41) is 9.67. The Morgan fingerprint density at radius 1 is 1.44 bits per heavy atom.